The van der Waals surface area contributed by atoms with E-state index >= 15 is 0 Å². The number of hydrogen-bond acceptors (Lipinski definition) is 3. The third-order valence-electron chi connectivity index (χ3n) is 2.62. The molecule has 0 heterocycles. The summed E-state index contributed by atoms with van der Waals surface area (Å²) in [6.07, 6.45) is 0.651. The molecule has 19 heavy (non-hydrogen) atoms. The summed E-state index contributed by atoms with van der Waals surface area (Å²) in [5.74, 6) is -0.612. The number of benzene rings is 1. The lowest BCUT2D eigenvalue weighted by molar-refractivity contribution is -0.126. The molecule has 0 fully saturated rings. The molecule has 2 amide bonds. The van der Waals surface area contributed by atoms with E-state index in [1.165, 1.54) is 0 Å². The topological polar surface area (TPSA) is 67.4 Å². The zero-order chi connectivity index (χ0) is 14.1. The molecule has 104 valence electrons. The summed E-state index contributed by atoms with van der Waals surface area (Å²) in [5, 5.41) is 5.36. The van der Waals surface area contributed by atoms with E-state index in [0.717, 1.165) is 17.7 Å². The number of nitrogens with one attached hydrogen (secondary N) is 2. The Balaban J connectivity index is 2.44. The molecule has 0 atom stereocenters. The molecule has 0 aliphatic carbocycles. The Morgan fingerprint density at radius 1 is 1.21 bits per heavy atom. The molecule has 0 aliphatic heterocycles. The number of amides is 2. The summed E-state index contributed by atoms with van der Waals surface area (Å²) in [6, 6.07) is 7.56. The molecule has 1 rings (SSSR count). The van der Waals surface area contributed by atoms with Crippen LogP contribution in [-0.2, 0) is 20.7 Å². The van der Waals surface area contributed by atoms with E-state index in [1.807, 2.05) is 31.2 Å². The van der Waals surface area contributed by atoms with Gasteiger partial charge in [-0.05, 0) is 18.1 Å². The van der Waals surface area contributed by atoms with E-state index in [2.05, 4.69) is 10.6 Å². The van der Waals surface area contributed by atoms with Crippen LogP contribution in [-0.4, -0.2) is 32.1 Å². The lowest BCUT2D eigenvalue weighted by Crippen LogP contribution is -2.30. The lowest BCUT2D eigenvalue weighted by atomic mass is 10.1. The predicted molar refractivity (Wildman–Crippen MR) is 74.0 cm³/mol. The average Bonchev–Trinajstić information content (AvgIpc) is 2.39. The maximum absolute atomic E-state index is 11.7. The molecule has 0 aliphatic rings. The summed E-state index contributed by atoms with van der Waals surface area (Å²) < 4.78 is 4.81. The van der Waals surface area contributed by atoms with Crippen molar-refractivity contribution >= 4 is 17.5 Å². The van der Waals surface area contributed by atoms with Gasteiger partial charge in [0.05, 0.1) is 6.61 Å². The van der Waals surface area contributed by atoms with E-state index in [4.69, 9.17) is 4.74 Å². The van der Waals surface area contributed by atoms with Crippen molar-refractivity contribution in [2.75, 3.05) is 25.6 Å². The third kappa shape index (κ3) is 5.52. The molecule has 0 saturated carbocycles. The highest BCUT2D eigenvalue weighted by molar-refractivity contribution is 6.03. The molecule has 5 nitrogen and oxygen atoms in total. The first-order valence-corrected chi connectivity index (χ1v) is 6.30. The second-order valence-corrected chi connectivity index (χ2v) is 4.08. The average molecular weight is 264 g/mol. The number of carbonyl (C=O) groups is 2. The van der Waals surface area contributed by atoms with E-state index in [9.17, 15) is 9.59 Å². The van der Waals surface area contributed by atoms with Crippen molar-refractivity contribution in [1.29, 1.82) is 0 Å². The fourth-order valence-electron chi connectivity index (χ4n) is 1.65. The molecule has 0 aromatic heterocycles. The Bertz CT molecular complexity index is 432. The number of anilines is 1. The Labute approximate surface area is 113 Å². The zero-order valence-electron chi connectivity index (χ0n) is 11.4. The maximum Gasteiger partial charge on any atom is 0.233 e. The van der Waals surface area contributed by atoms with E-state index in [-0.39, 0.29) is 18.2 Å². The lowest BCUT2D eigenvalue weighted by Gasteiger charge is -2.09. The summed E-state index contributed by atoms with van der Waals surface area (Å²) >= 11 is 0. The Kier molecular flexibility index (Phi) is 6.60. The molecule has 1 aromatic carbocycles. The number of methoxy groups -OCH3 is 1. The summed E-state index contributed by atoms with van der Waals surface area (Å²) in [5.41, 5.74) is 1.82. The molecule has 0 radical (unpaired) electrons. The quantitative estimate of drug-likeness (QED) is 0.577. The van der Waals surface area contributed by atoms with Crippen LogP contribution in [0.3, 0.4) is 0 Å². The second-order valence-electron chi connectivity index (χ2n) is 4.08. The predicted octanol–water partition coefficient (Wildman–Crippen LogP) is 1.34. The van der Waals surface area contributed by atoms with Crippen LogP contribution in [0.2, 0.25) is 0 Å². The van der Waals surface area contributed by atoms with Crippen LogP contribution in [0.1, 0.15) is 18.9 Å². The molecule has 0 saturated heterocycles. The highest BCUT2D eigenvalue weighted by Gasteiger charge is 2.10. The zero-order valence-corrected chi connectivity index (χ0v) is 11.4. The summed E-state index contributed by atoms with van der Waals surface area (Å²) in [4.78, 5) is 23.2. The highest BCUT2D eigenvalue weighted by atomic mass is 16.5. The minimum atomic E-state index is -0.309. The van der Waals surface area contributed by atoms with Crippen molar-refractivity contribution in [3.05, 3.63) is 29.8 Å². The van der Waals surface area contributed by atoms with Gasteiger partial charge in [0.2, 0.25) is 11.8 Å². The van der Waals surface area contributed by atoms with Gasteiger partial charge in [0, 0.05) is 19.3 Å². The minimum absolute atomic E-state index is 0.179. The number of rotatable bonds is 7. The van der Waals surface area contributed by atoms with E-state index < -0.39 is 0 Å². The van der Waals surface area contributed by atoms with Gasteiger partial charge in [0.25, 0.3) is 0 Å². The van der Waals surface area contributed by atoms with Crippen LogP contribution in [0.15, 0.2) is 24.3 Å². The van der Waals surface area contributed by atoms with Gasteiger partial charge in [0.15, 0.2) is 0 Å². The van der Waals surface area contributed by atoms with Crippen LogP contribution in [0.25, 0.3) is 0 Å². The molecule has 1 aromatic rings. The van der Waals surface area contributed by atoms with Crippen LogP contribution in [0.4, 0.5) is 5.69 Å². The molecular weight excluding hydrogens is 244 g/mol. The van der Waals surface area contributed by atoms with Crippen molar-refractivity contribution < 1.29 is 14.3 Å². The third-order valence-corrected chi connectivity index (χ3v) is 2.62. The Hall–Kier alpha value is -1.88. The van der Waals surface area contributed by atoms with Gasteiger partial charge in [-0.3, -0.25) is 9.59 Å². The number of para-hydroxylation sites is 1. The SMILES string of the molecule is CCc1ccccc1NC(=O)CC(=O)NCCOC. The number of carbonyl (C=O) groups excluding carboxylic acids is 2. The number of hydrogen-bond donors (Lipinski definition) is 2. The van der Waals surface area contributed by atoms with E-state index in [0.29, 0.717) is 13.2 Å². The smallest absolute Gasteiger partial charge is 0.233 e. The number of ether oxygens (including phenoxy) is 1. The standard InChI is InChI=1S/C14H20N2O3/c1-3-11-6-4-5-7-12(11)16-14(18)10-13(17)15-8-9-19-2/h4-7H,3,8-10H2,1-2H3,(H,15,17)(H,16,18). The van der Waals surface area contributed by atoms with Crippen LogP contribution in [0.5, 0.6) is 0 Å². The summed E-state index contributed by atoms with van der Waals surface area (Å²) in [6.45, 7) is 2.86. The Morgan fingerprint density at radius 3 is 2.63 bits per heavy atom. The van der Waals surface area contributed by atoms with Crippen molar-refractivity contribution in [2.24, 2.45) is 0 Å². The number of aryl methyl sites for hydroxylation is 1. The van der Waals surface area contributed by atoms with Crippen molar-refractivity contribution in [3.63, 3.8) is 0 Å². The monoisotopic (exact) mass is 264 g/mol. The highest BCUT2D eigenvalue weighted by Crippen LogP contribution is 2.15. The molecule has 0 spiro atoms. The van der Waals surface area contributed by atoms with Crippen molar-refractivity contribution in [2.45, 2.75) is 19.8 Å². The fourth-order valence-corrected chi connectivity index (χ4v) is 1.65. The van der Waals surface area contributed by atoms with Gasteiger partial charge >= 0.3 is 0 Å². The Morgan fingerprint density at radius 2 is 1.95 bits per heavy atom. The molecular formula is C14H20N2O3. The van der Waals surface area contributed by atoms with Gasteiger partial charge in [-0.2, -0.15) is 0 Å². The van der Waals surface area contributed by atoms with Gasteiger partial charge in [-0.25, -0.2) is 0 Å². The second kappa shape index (κ2) is 8.26. The maximum atomic E-state index is 11.7. The van der Waals surface area contributed by atoms with Crippen LogP contribution in [0, 0.1) is 0 Å². The molecule has 5 heteroatoms. The van der Waals surface area contributed by atoms with Crippen molar-refractivity contribution in [3.8, 4) is 0 Å². The largest absolute Gasteiger partial charge is 0.383 e. The van der Waals surface area contributed by atoms with Crippen molar-refractivity contribution in [1.82, 2.24) is 5.32 Å². The molecule has 2 N–H and O–H groups in total. The fraction of sp³-hybridized carbons (Fsp3) is 0.429. The van der Waals surface area contributed by atoms with Gasteiger partial charge in [0.1, 0.15) is 6.42 Å². The van der Waals surface area contributed by atoms with Gasteiger partial charge < -0.3 is 15.4 Å². The first kappa shape index (κ1) is 15.2. The van der Waals surface area contributed by atoms with E-state index in [1.54, 1.807) is 7.11 Å². The molecule has 0 unspecified atom stereocenters. The summed E-state index contributed by atoms with van der Waals surface area (Å²) in [7, 11) is 1.56. The van der Waals surface area contributed by atoms with Crippen LogP contribution < -0.4 is 10.6 Å². The first-order valence-electron chi connectivity index (χ1n) is 6.30. The van der Waals surface area contributed by atoms with Gasteiger partial charge in [-0.1, -0.05) is 25.1 Å². The first-order chi connectivity index (χ1) is 9.17. The minimum Gasteiger partial charge on any atom is -0.383 e. The molecule has 0 bridgehead atoms. The normalized spacial score (nSPS) is 10.0. The van der Waals surface area contributed by atoms with Crippen LogP contribution >= 0.6 is 0 Å². The van der Waals surface area contributed by atoms with Gasteiger partial charge in [-0.15, -0.1) is 0 Å².